The number of piperidine rings is 1. The van der Waals surface area contributed by atoms with Crippen molar-refractivity contribution in [3.63, 3.8) is 0 Å². The van der Waals surface area contributed by atoms with Crippen molar-refractivity contribution < 1.29 is 24.2 Å². The van der Waals surface area contributed by atoms with Crippen LogP contribution in [0.2, 0.25) is 0 Å². The number of hydrogen-bond acceptors (Lipinski definition) is 4. The molecule has 0 aromatic rings. The van der Waals surface area contributed by atoms with E-state index in [1.165, 1.54) is 7.05 Å². The first-order chi connectivity index (χ1) is 9.02. The van der Waals surface area contributed by atoms with Gasteiger partial charge >= 0.3 is 12.0 Å². The summed E-state index contributed by atoms with van der Waals surface area (Å²) in [7, 11) is 1.50. The van der Waals surface area contributed by atoms with Gasteiger partial charge in [-0.3, -0.25) is 4.79 Å². The summed E-state index contributed by atoms with van der Waals surface area (Å²) in [6.07, 6.45) is 1.07. The number of aliphatic carboxylic acids is 1. The molecular formula is C11H19N3O5. The van der Waals surface area contributed by atoms with Crippen LogP contribution in [0.5, 0.6) is 0 Å². The van der Waals surface area contributed by atoms with Crippen LogP contribution >= 0.6 is 0 Å². The molecule has 1 saturated heterocycles. The van der Waals surface area contributed by atoms with Crippen LogP contribution < -0.4 is 10.6 Å². The van der Waals surface area contributed by atoms with Gasteiger partial charge < -0.3 is 25.4 Å². The number of urea groups is 1. The second kappa shape index (κ2) is 7.57. The van der Waals surface area contributed by atoms with Gasteiger partial charge in [-0.1, -0.05) is 0 Å². The standard InChI is InChI=1S/C11H19N3O5/c1-12-9(15)6-13-11(18)14-4-2-8(3-5-14)19-7-10(16)17/h8H,2-7H2,1H3,(H,12,15)(H,13,18)(H,16,17). The van der Waals surface area contributed by atoms with Crippen molar-refractivity contribution >= 4 is 17.9 Å². The molecule has 8 heteroatoms. The van der Waals surface area contributed by atoms with Crippen molar-refractivity contribution in [2.45, 2.75) is 18.9 Å². The molecule has 0 aliphatic carbocycles. The fourth-order valence-corrected chi connectivity index (χ4v) is 1.77. The highest BCUT2D eigenvalue weighted by atomic mass is 16.5. The highest BCUT2D eigenvalue weighted by molar-refractivity contribution is 5.83. The Kier molecular flexibility index (Phi) is 6.07. The molecule has 8 nitrogen and oxygen atoms in total. The third-order valence-electron chi connectivity index (χ3n) is 2.85. The summed E-state index contributed by atoms with van der Waals surface area (Å²) in [5.41, 5.74) is 0. The number of ether oxygens (including phenoxy) is 1. The van der Waals surface area contributed by atoms with E-state index in [4.69, 9.17) is 9.84 Å². The van der Waals surface area contributed by atoms with E-state index in [2.05, 4.69) is 10.6 Å². The smallest absolute Gasteiger partial charge is 0.329 e. The molecule has 1 heterocycles. The lowest BCUT2D eigenvalue weighted by atomic mass is 10.1. The summed E-state index contributed by atoms with van der Waals surface area (Å²) in [4.78, 5) is 34.6. The van der Waals surface area contributed by atoms with Crippen LogP contribution in [0.1, 0.15) is 12.8 Å². The summed E-state index contributed by atoms with van der Waals surface area (Å²) in [6, 6.07) is -0.291. The highest BCUT2D eigenvalue weighted by Gasteiger charge is 2.23. The van der Waals surface area contributed by atoms with Crippen LogP contribution in [-0.2, 0) is 14.3 Å². The molecule has 1 aliphatic rings. The zero-order chi connectivity index (χ0) is 14.3. The molecule has 0 atom stereocenters. The quantitative estimate of drug-likeness (QED) is 0.596. The maximum Gasteiger partial charge on any atom is 0.329 e. The minimum atomic E-state index is -0.995. The molecule has 19 heavy (non-hydrogen) atoms. The number of rotatable bonds is 5. The average Bonchev–Trinajstić information content (AvgIpc) is 2.42. The molecule has 108 valence electrons. The molecule has 3 N–H and O–H groups in total. The zero-order valence-corrected chi connectivity index (χ0v) is 10.8. The van der Waals surface area contributed by atoms with Crippen molar-refractivity contribution in [2.24, 2.45) is 0 Å². The molecule has 3 amide bonds. The number of carboxylic acids is 1. The summed E-state index contributed by atoms with van der Waals surface area (Å²) < 4.78 is 5.17. The second-order valence-electron chi connectivity index (χ2n) is 4.22. The Bertz CT molecular complexity index is 339. The summed E-state index contributed by atoms with van der Waals surface area (Å²) in [6.45, 7) is 0.617. The Labute approximate surface area is 111 Å². The van der Waals surface area contributed by atoms with Crippen molar-refractivity contribution in [1.29, 1.82) is 0 Å². The molecule has 1 rings (SSSR count). The third kappa shape index (κ3) is 5.56. The largest absolute Gasteiger partial charge is 0.480 e. The van der Waals surface area contributed by atoms with Crippen molar-refractivity contribution in [3.05, 3.63) is 0 Å². The lowest BCUT2D eigenvalue weighted by molar-refractivity contribution is -0.145. The fraction of sp³-hybridized carbons (Fsp3) is 0.727. The van der Waals surface area contributed by atoms with Gasteiger partial charge in [-0.25, -0.2) is 9.59 Å². The van der Waals surface area contributed by atoms with Crippen LogP contribution in [0, 0.1) is 0 Å². The lowest BCUT2D eigenvalue weighted by Crippen LogP contribution is -2.48. The van der Waals surface area contributed by atoms with Crippen LogP contribution in [-0.4, -0.2) is 67.3 Å². The first-order valence-electron chi connectivity index (χ1n) is 6.09. The summed E-state index contributed by atoms with van der Waals surface area (Å²) in [5.74, 6) is -1.25. The SMILES string of the molecule is CNC(=O)CNC(=O)N1CCC(OCC(=O)O)CC1. The molecule has 0 aromatic heterocycles. The van der Waals surface area contributed by atoms with Gasteiger partial charge in [-0.2, -0.15) is 0 Å². The van der Waals surface area contributed by atoms with Crippen molar-refractivity contribution in [2.75, 3.05) is 33.3 Å². The predicted molar refractivity (Wildman–Crippen MR) is 65.6 cm³/mol. The molecule has 0 spiro atoms. The van der Waals surface area contributed by atoms with E-state index in [-0.39, 0.29) is 31.2 Å². The number of nitrogens with one attached hydrogen (secondary N) is 2. The van der Waals surface area contributed by atoms with Crippen LogP contribution in [0.3, 0.4) is 0 Å². The minimum Gasteiger partial charge on any atom is -0.480 e. The van der Waals surface area contributed by atoms with Gasteiger partial charge in [-0.15, -0.1) is 0 Å². The van der Waals surface area contributed by atoms with Gasteiger partial charge in [0.15, 0.2) is 0 Å². The monoisotopic (exact) mass is 273 g/mol. The topological polar surface area (TPSA) is 108 Å². The van der Waals surface area contributed by atoms with Gasteiger partial charge in [-0.05, 0) is 12.8 Å². The summed E-state index contributed by atoms with van der Waals surface area (Å²) >= 11 is 0. The zero-order valence-electron chi connectivity index (χ0n) is 10.8. The van der Waals surface area contributed by atoms with Gasteiger partial charge in [0, 0.05) is 20.1 Å². The van der Waals surface area contributed by atoms with Crippen molar-refractivity contribution in [1.82, 2.24) is 15.5 Å². The van der Waals surface area contributed by atoms with E-state index in [9.17, 15) is 14.4 Å². The minimum absolute atomic E-state index is 0.0508. The van der Waals surface area contributed by atoms with Gasteiger partial charge in [0.2, 0.25) is 5.91 Å². The first kappa shape index (κ1) is 15.2. The molecule has 0 bridgehead atoms. The van der Waals surface area contributed by atoms with Crippen LogP contribution in [0.25, 0.3) is 0 Å². The number of hydrogen-bond donors (Lipinski definition) is 3. The van der Waals surface area contributed by atoms with E-state index in [1.54, 1.807) is 4.90 Å². The van der Waals surface area contributed by atoms with Crippen LogP contribution in [0.15, 0.2) is 0 Å². The number of carboxylic acid groups (broad SMARTS) is 1. The Morgan fingerprint density at radius 1 is 1.32 bits per heavy atom. The molecule has 0 saturated carbocycles. The number of carbonyl (C=O) groups excluding carboxylic acids is 2. The van der Waals surface area contributed by atoms with E-state index >= 15 is 0 Å². The van der Waals surface area contributed by atoms with Gasteiger partial charge in [0.25, 0.3) is 0 Å². The number of likely N-dealkylation sites (tertiary alicyclic amines) is 1. The normalized spacial score (nSPS) is 15.9. The average molecular weight is 273 g/mol. The highest BCUT2D eigenvalue weighted by Crippen LogP contribution is 2.13. The third-order valence-corrected chi connectivity index (χ3v) is 2.85. The van der Waals surface area contributed by atoms with E-state index in [1.807, 2.05) is 0 Å². The number of amides is 3. The number of nitrogens with zero attached hydrogens (tertiary/aromatic N) is 1. The first-order valence-corrected chi connectivity index (χ1v) is 6.09. The number of carbonyl (C=O) groups is 3. The lowest BCUT2D eigenvalue weighted by Gasteiger charge is -2.31. The molecule has 0 radical (unpaired) electrons. The predicted octanol–water partition coefficient (Wildman–Crippen LogP) is -0.992. The Morgan fingerprint density at radius 2 is 1.95 bits per heavy atom. The van der Waals surface area contributed by atoms with E-state index in [0.29, 0.717) is 25.9 Å². The molecule has 0 unspecified atom stereocenters. The molecule has 0 aromatic carbocycles. The maximum atomic E-state index is 11.7. The molecule has 1 fully saturated rings. The van der Waals surface area contributed by atoms with E-state index < -0.39 is 5.97 Å². The Hall–Kier alpha value is -1.83. The van der Waals surface area contributed by atoms with E-state index in [0.717, 1.165) is 0 Å². The Morgan fingerprint density at radius 3 is 2.47 bits per heavy atom. The molecule has 1 aliphatic heterocycles. The maximum absolute atomic E-state index is 11.7. The number of likely N-dealkylation sites (N-methyl/N-ethyl adjacent to an activating group) is 1. The second-order valence-corrected chi connectivity index (χ2v) is 4.22. The van der Waals surface area contributed by atoms with Crippen molar-refractivity contribution in [3.8, 4) is 0 Å². The summed E-state index contributed by atoms with van der Waals surface area (Å²) in [5, 5.41) is 13.4. The van der Waals surface area contributed by atoms with Gasteiger partial charge in [0.1, 0.15) is 6.61 Å². The Balaban J connectivity index is 2.23. The van der Waals surface area contributed by atoms with Gasteiger partial charge in [0.05, 0.1) is 12.6 Å². The fourth-order valence-electron chi connectivity index (χ4n) is 1.77. The van der Waals surface area contributed by atoms with Crippen LogP contribution in [0.4, 0.5) is 4.79 Å². The molecular weight excluding hydrogens is 254 g/mol.